The second-order valence-corrected chi connectivity index (χ2v) is 7.44. The van der Waals surface area contributed by atoms with Crippen LogP contribution in [-0.2, 0) is 20.1 Å². The van der Waals surface area contributed by atoms with Crippen LogP contribution in [0.3, 0.4) is 0 Å². The number of hydrogen-bond acceptors (Lipinski definition) is 4. The standard InChI is InChI=1S/C21H15N2.C5H12O2.Ir/c1-15-21(23-14-13-22-15)18-11-9-17(10-12-18)20-8-4-6-16-5-2-3-7-19(16)20;1-4(6)3-5(2)7;/h2-11,13-14H,1H3;4-7H,3H2,1-2H3;/q-1;;. The maximum absolute atomic E-state index is 8.56. The summed E-state index contributed by atoms with van der Waals surface area (Å²) in [5, 5.41) is 19.6. The molecule has 3 aromatic carbocycles. The third kappa shape index (κ3) is 6.78. The first kappa shape index (κ1) is 24.8. The molecule has 1 radical (unpaired) electrons. The van der Waals surface area contributed by atoms with Gasteiger partial charge in [-0.15, -0.1) is 29.8 Å². The second-order valence-electron chi connectivity index (χ2n) is 7.44. The van der Waals surface area contributed by atoms with E-state index < -0.39 is 0 Å². The van der Waals surface area contributed by atoms with Crippen molar-refractivity contribution >= 4 is 10.8 Å². The maximum atomic E-state index is 8.56. The normalized spacial score (nSPS) is 12.3. The average Bonchev–Trinajstić information content (AvgIpc) is 2.73. The Bertz CT molecular complexity index is 1080. The van der Waals surface area contributed by atoms with Gasteiger partial charge in [0.2, 0.25) is 0 Å². The van der Waals surface area contributed by atoms with Crippen molar-refractivity contribution < 1.29 is 30.3 Å². The number of aryl methyl sites for hydroxylation is 1. The van der Waals surface area contributed by atoms with E-state index in [1.54, 1.807) is 26.2 Å². The van der Waals surface area contributed by atoms with Crippen molar-refractivity contribution in [3.8, 4) is 22.4 Å². The number of nitrogens with zero attached hydrogens (tertiary/aromatic N) is 2. The van der Waals surface area contributed by atoms with Gasteiger partial charge in [-0.05, 0) is 38.0 Å². The predicted octanol–water partition coefficient (Wildman–Crippen LogP) is 5.21. The van der Waals surface area contributed by atoms with E-state index in [9.17, 15) is 0 Å². The SMILES string of the molecule is CC(O)CC(C)O.Cc1nccnc1-c1[c-]cc(-c2cccc3ccccc23)cc1.[Ir]. The first-order valence-electron chi connectivity index (χ1n) is 10.1. The molecule has 163 valence electrons. The van der Waals surface area contributed by atoms with Crippen molar-refractivity contribution in [2.24, 2.45) is 0 Å². The van der Waals surface area contributed by atoms with Crippen LogP contribution in [0, 0.1) is 13.0 Å². The first-order valence-corrected chi connectivity index (χ1v) is 10.1. The number of aliphatic hydroxyl groups excluding tert-OH is 2. The minimum atomic E-state index is -0.375. The first-order chi connectivity index (χ1) is 14.5. The molecule has 0 bridgehead atoms. The van der Waals surface area contributed by atoms with E-state index in [1.807, 2.05) is 13.0 Å². The Hall–Kier alpha value is -2.43. The van der Waals surface area contributed by atoms with Gasteiger partial charge in [-0.25, -0.2) is 0 Å². The molecule has 4 nitrogen and oxygen atoms in total. The molecule has 0 spiro atoms. The van der Waals surface area contributed by atoms with E-state index in [4.69, 9.17) is 10.2 Å². The van der Waals surface area contributed by atoms with Gasteiger partial charge < -0.3 is 15.2 Å². The third-order valence-electron chi connectivity index (χ3n) is 4.73. The van der Waals surface area contributed by atoms with E-state index in [2.05, 4.69) is 70.6 Å². The molecular formula is C26H27IrN2O2-. The van der Waals surface area contributed by atoms with Crippen LogP contribution in [-0.4, -0.2) is 32.4 Å². The van der Waals surface area contributed by atoms with Gasteiger partial charge in [-0.1, -0.05) is 53.6 Å². The van der Waals surface area contributed by atoms with Crippen LogP contribution in [0.5, 0.6) is 0 Å². The molecule has 0 saturated carbocycles. The molecule has 4 aromatic rings. The quantitative estimate of drug-likeness (QED) is 0.320. The molecule has 0 amide bonds. The van der Waals surface area contributed by atoms with Gasteiger partial charge in [0.05, 0.1) is 12.2 Å². The van der Waals surface area contributed by atoms with E-state index in [0.717, 1.165) is 22.5 Å². The minimum Gasteiger partial charge on any atom is -0.393 e. The fourth-order valence-corrected chi connectivity index (χ4v) is 3.38. The van der Waals surface area contributed by atoms with Crippen molar-refractivity contribution in [1.82, 2.24) is 9.97 Å². The number of rotatable bonds is 4. The second kappa shape index (κ2) is 11.8. The van der Waals surface area contributed by atoms with Crippen LogP contribution in [0.2, 0.25) is 0 Å². The third-order valence-corrected chi connectivity index (χ3v) is 4.73. The Kier molecular flexibility index (Phi) is 9.47. The number of aromatic nitrogens is 2. The topological polar surface area (TPSA) is 66.2 Å². The molecule has 0 aliphatic heterocycles. The van der Waals surface area contributed by atoms with Gasteiger partial charge in [0, 0.05) is 43.9 Å². The van der Waals surface area contributed by atoms with Crippen molar-refractivity contribution in [2.75, 3.05) is 0 Å². The number of fused-ring (bicyclic) bond motifs is 1. The average molecular weight is 592 g/mol. The van der Waals surface area contributed by atoms with Crippen molar-refractivity contribution in [1.29, 1.82) is 0 Å². The van der Waals surface area contributed by atoms with Gasteiger partial charge in [0.15, 0.2) is 0 Å². The van der Waals surface area contributed by atoms with Gasteiger partial charge in [-0.2, -0.15) is 0 Å². The van der Waals surface area contributed by atoms with Crippen LogP contribution in [0.15, 0.2) is 73.1 Å². The van der Waals surface area contributed by atoms with E-state index in [0.29, 0.717) is 6.42 Å². The van der Waals surface area contributed by atoms with Crippen LogP contribution in [0.25, 0.3) is 33.2 Å². The van der Waals surface area contributed by atoms with E-state index in [-0.39, 0.29) is 32.3 Å². The maximum Gasteiger partial charge on any atom is 0.0536 e. The molecule has 2 N–H and O–H groups in total. The van der Waals surface area contributed by atoms with Crippen LogP contribution in [0.4, 0.5) is 0 Å². The summed E-state index contributed by atoms with van der Waals surface area (Å²) in [6.45, 7) is 5.29. The largest absolute Gasteiger partial charge is 0.393 e. The molecule has 5 heteroatoms. The van der Waals surface area contributed by atoms with Crippen LogP contribution in [0.1, 0.15) is 26.0 Å². The summed E-state index contributed by atoms with van der Waals surface area (Å²) >= 11 is 0. The summed E-state index contributed by atoms with van der Waals surface area (Å²) < 4.78 is 0. The minimum absolute atomic E-state index is 0. The summed E-state index contributed by atoms with van der Waals surface area (Å²) in [6, 6.07) is 24.4. The Labute approximate surface area is 197 Å². The van der Waals surface area contributed by atoms with Gasteiger partial charge in [-0.3, -0.25) is 4.98 Å². The fraction of sp³-hybridized carbons (Fsp3) is 0.231. The smallest absolute Gasteiger partial charge is 0.0536 e. The molecule has 0 aliphatic rings. The Balaban J connectivity index is 0.000000373. The molecular weight excluding hydrogens is 565 g/mol. The van der Waals surface area contributed by atoms with Gasteiger partial charge in [0.1, 0.15) is 0 Å². The molecule has 4 rings (SSSR count). The van der Waals surface area contributed by atoms with E-state index >= 15 is 0 Å². The molecule has 2 atom stereocenters. The van der Waals surface area contributed by atoms with Crippen LogP contribution < -0.4 is 0 Å². The molecule has 0 saturated heterocycles. The molecule has 0 aliphatic carbocycles. The molecule has 0 fully saturated rings. The number of hydrogen-bond donors (Lipinski definition) is 2. The summed E-state index contributed by atoms with van der Waals surface area (Å²) in [4.78, 5) is 8.70. The Morgan fingerprint density at radius 2 is 1.55 bits per heavy atom. The molecule has 2 unspecified atom stereocenters. The van der Waals surface area contributed by atoms with Crippen molar-refractivity contribution in [2.45, 2.75) is 39.4 Å². The number of aliphatic hydroxyl groups is 2. The summed E-state index contributed by atoms with van der Waals surface area (Å²) in [5.41, 5.74) is 5.16. The van der Waals surface area contributed by atoms with Crippen molar-refractivity contribution in [3.63, 3.8) is 0 Å². The summed E-state index contributed by atoms with van der Waals surface area (Å²) in [5.74, 6) is 0. The molecule has 31 heavy (non-hydrogen) atoms. The predicted molar refractivity (Wildman–Crippen MR) is 122 cm³/mol. The monoisotopic (exact) mass is 592 g/mol. The fourth-order valence-electron chi connectivity index (χ4n) is 3.38. The molecule has 1 aromatic heterocycles. The zero-order chi connectivity index (χ0) is 21.5. The van der Waals surface area contributed by atoms with Gasteiger partial charge >= 0.3 is 0 Å². The molecule has 1 heterocycles. The number of benzene rings is 3. The Morgan fingerprint density at radius 1 is 0.871 bits per heavy atom. The summed E-state index contributed by atoms with van der Waals surface area (Å²) in [6.07, 6.45) is 3.15. The van der Waals surface area contributed by atoms with Crippen LogP contribution >= 0.6 is 0 Å². The zero-order valence-electron chi connectivity index (χ0n) is 17.9. The zero-order valence-corrected chi connectivity index (χ0v) is 20.3. The van der Waals surface area contributed by atoms with Crippen molar-refractivity contribution in [3.05, 3.63) is 84.8 Å². The summed E-state index contributed by atoms with van der Waals surface area (Å²) in [7, 11) is 0. The van der Waals surface area contributed by atoms with E-state index in [1.165, 1.54) is 16.3 Å². The van der Waals surface area contributed by atoms with Gasteiger partial charge in [0.25, 0.3) is 0 Å². The Morgan fingerprint density at radius 3 is 2.16 bits per heavy atom.